The summed E-state index contributed by atoms with van der Waals surface area (Å²) in [6.07, 6.45) is 0. The van der Waals surface area contributed by atoms with Crippen molar-refractivity contribution in [3.63, 3.8) is 0 Å². The predicted molar refractivity (Wildman–Crippen MR) is 74.4 cm³/mol. The van der Waals surface area contributed by atoms with Crippen molar-refractivity contribution in [3.05, 3.63) is 57.0 Å². The van der Waals surface area contributed by atoms with Crippen LogP contribution in [0.15, 0.2) is 35.7 Å². The zero-order chi connectivity index (χ0) is 13.0. The molecule has 0 radical (unpaired) electrons. The van der Waals surface area contributed by atoms with E-state index in [4.69, 9.17) is 17.3 Å². The van der Waals surface area contributed by atoms with Crippen molar-refractivity contribution in [2.45, 2.75) is 12.6 Å². The van der Waals surface area contributed by atoms with Gasteiger partial charge in [0, 0.05) is 34.6 Å². The highest BCUT2D eigenvalue weighted by atomic mass is 35.5. The maximum Gasteiger partial charge on any atom is 0.128 e. The number of rotatable bonds is 5. The van der Waals surface area contributed by atoms with Crippen molar-refractivity contribution < 1.29 is 4.39 Å². The van der Waals surface area contributed by atoms with E-state index in [9.17, 15) is 4.39 Å². The lowest BCUT2D eigenvalue weighted by Crippen LogP contribution is -2.28. The van der Waals surface area contributed by atoms with Crippen LogP contribution in [0.1, 0.15) is 16.5 Å². The highest BCUT2D eigenvalue weighted by molar-refractivity contribution is 7.09. The smallest absolute Gasteiger partial charge is 0.128 e. The van der Waals surface area contributed by atoms with Gasteiger partial charge in [-0.1, -0.05) is 17.7 Å². The first-order chi connectivity index (χ1) is 8.70. The van der Waals surface area contributed by atoms with Crippen molar-refractivity contribution in [2.75, 3.05) is 6.54 Å². The summed E-state index contributed by atoms with van der Waals surface area (Å²) in [5.74, 6) is -0.284. The number of halogens is 2. The van der Waals surface area contributed by atoms with Crippen molar-refractivity contribution in [1.29, 1.82) is 0 Å². The minimum Gasteiger partial charge on any atom is -0.329 e. The van der Waals surface area contributed by atoms with E-state index in [0.717, 1.165) is 0 Å². The molecule has 0 aliphatic carbocycles. The molecule has 0 saturated heterocycles. The first-order valence-corrected chi connectivity index (χ1v) is 6.87. The van der Waals surface area contributed by atoms with Crippen LogP contribution in [0.2, 0.25) is 5.02 Å². The minimum atomic E-state index is -0.284. The third-order valence-corrected chi connectivity index (χ3v) is 3.78. The van der Waals surface area contributed by atoms with Gasteiger partial charge in [0.1, 0.15) is 5.82 Å². The molecule has 1 aromatic heterocycles. The molecule has 1 unspecified atom stereocenters. The molecule has 0 aliphatic heterocycles. The predicted octanol–water partition coefficient (Wildman–Crippen LogP) is 3.33. The molecule has 2 rings (SSSR count). The summed E-state index contributed by atoms with van der Waals surface area (Å²) in [5.41, 5.74) is 6.21. The monoisotopic (exact) mass is 284 g/mol. The fourth-order valence-electron chi connectivity index (χ4n) is 1.74. The summed E-state index contributed by atoms with van der Waals surface area (Å²) in [5, 5.41) is 5.77. The van der Waals surface area contributed by atoms with E-state index < -0.39 is 0 Å². The van der Waals surface area contributed by atoms with Crippen LogP contribution in [0.3, 0.4) is 0 Å². The Morgan fingerprint density at radius 1 is 1.39 bits per heavy atom. The van der Waals surface area contributed by atoms with Crippen LogP contribution in [0.4, 0.5) is 4.39 Å². The van der Waals surface area contributed by atoms with Gasteiger partial charge in [0.15, 0.2) is 0 Å². The molecular weight excluding hydrogens is 271 g/mol. The summed E-state index contributed by atoms with van der Waals surface area (Å²) in [4.78, 5) is 1.19. The van der Waals surface area contributed by atoms with Crippen LogP contribution in [-0.2, 0) is 6.54 Å². The maximum absolute atomic E-state index is 13.7. The lowest BCUT2D eigenvalue weighted by molar-refractivity contribution is 0.508. The Bertz CT molecular complexity index is 502. The third-order valence-electron chi connectivity index (χ3n) is 2.67. The van der Waals surface area contributed by atoms with Gasteiger partial charge < -0.3 is 11.1 Å². The SMILES string of the molecule is NCC(NCc1cccs1)c1cc(Cl)ccc1F. The molecule has 1 atom stereocenters. The largest absolute Gasteiger partial charge is 0.329 e. The van der Waals surface area contributed by atoms with Gasteiger partial charge in [-0.05, 0) is 29.6 Å². The van der Waals surface area contributed by atoms with Gasteiger partial charge in [-0.15, -0.1) is 11.3 Å². The first-order valence-electron chi connectivity index (χ1n) is 5.61. The fourth-order valence-corrected chi connectivity index (χ4v) is 2.58. The molecular formula is C13H14ClFN2S. The van der Waals surface area contributed by atoms with Crippen LogP contribution in [-0.4, -0.2) is 6.54 Å². The van der Waals surface area contributed by atoms with E-state index in [1.807, 2.05) is 17.5 Å². The number of hydrogen-bond acceptors (Lipinski definition) is 3. The molecule has 0 saturated carbocycles. The van der Waals surface area contributed by atoms with Crippen LogP contribution >= 0.6 is 22.9 Å². The normalized spacial score (nSPS) is 12.6. The van der Waals surface area contributed by atoms with Crippen molar-refractivity contribution in [2.24, 2.45) is 5.73 Å². The summed E-state index contributed by atoms with van der Waals surface area (Å²) >= 11 is 7.54. The number of hydrogen-bond donors (Lipinski definition) is 2. The molecule has 0 fully saturated rings. The van der Waals surface area contributed by atoms with Crippen LogP contribution in [0.25, 0.3) is 0 Å². The molecule has 2 aromatic rings. The second-order valence-corrected chi connectivity index (χ2v) is 5.38. The van der Waals surface area contributed by atoms with Gasteiger partial charge in [0.05, 0.1) is 0 Å². The molecule has 0 aliphatic rings. The zero-order valence-corrected chi connectivity index (χ0v) is 11.3. The summed E-state index contributed by atoms with van der Waals surface area (Å²) in [7, 11) is 0. The lowest BCUT2D eigenvalue weighted by Gasteiger charge is -2.17. The standard InChI is InChI=1S/C13H14ClFN2S/c14-9-3-4-12(15)11(6-9)13(7-16)17-8-10-2-1-5-18-10/h1-6,13,17H,7-8,16H2. The van der Waals surface area contributed by atoms with Gasteiger partial charge >= 0.3 is 0 Å². The molecule has 0 bridgehead atoms. The average molecular weight is 285 g/mol. The Morgan fingerprint density at radius 2 is 2.22 bits per heavy atom. The Hall–Kier alpha value is -0.940. The second-order valence-electron chi connectivity index (χ2n) is 3.91. The van der Waals surface area contributed by atoms with E-state index in [-0.39, 0.29) is 11.9 Å². The van der Waals surface area contributed by atoms with Crippen LogP contribution in [0, 0.1) is 5.82 Å². The highest BCUT2D eigenvalue weighted by Gasteiger charge is 2.14. The maximum atomic E-state index is 13.7. The quantitative estimate of drug-likeness (QED) is 0.884. The molecule has 0 spiro atoms. The Labute approximate surface area is 115 Å². The van der Waals surface area contributed by atoms with Crippen LogP contribution < -0.4 is 11.1 Å². The van der Waals surface area contributed by atoms with Gasteiger partial charge in [0.2, 0.25) is 0 Å². The fraction of sp³-hybridized carbons (Fsp3) is 0.231. The first kappa shape index (κ1) is 13.5. The molecule has 18 heavy (non-hydrogen) atoms. The van der Waals surface area contributed by atoms with Gasteiger partial charge in [0.25, 0.3) is 0 Å². The Kier molecular flexibility index (Phi) is 4.72. The van der Waals surface area contributed by atoms with E-state index in [1.54, 1.807) is 17.4 Å². The highest BCUT2D eigenvalue weighted by Crippen LogP contribution is 2.21. The molecule has 5 heteroatoms. The molecule has 2 nitrogen and oxygen atoms in total. The van der Waals surface area contributed by atoms with Gasteiger partial charge in [-0.25, -0.2) is 4.39 Å². The van der Waals surface area contributed by atoms with E-state index in [1.165, 1.54) is 17.0 Å². The average Bonchev–Trinajstić information content (AvgIpc) is 2.87. The zero-order valence-electron chi connectivity index (χ0n) is 9.70. The van der Waals surface area contributed by atoms with Crippen molar-refractivity contribution >= 4 is 22.9 Å². The molecule has 1 aromatic carbocycles. The van der Waals surface area contributed by atoms with Gasteiger partial charge in [-0.2, -0.15) is 0 Å². The second kappa shape index (κ2) is 6.29. The van der Waals surface area contributed by atoms with Crippen LogP contribution in [0.5, 0.6) is 0 Å². The molecule has 3 N–H and O–H groups in total. The minimum absolute atomic E-state index is 0.231. The van der Waals surface area contributed by atoms with Gasteiger partial charge in [-0.3, -0.25) is 0 Å². The van der Waals surface area contributed by atoms with E-state index >= 15 is 0 Å². The lowest BCUT2D eigenvalue weighted by atomic mass is 10.1. The van der Waals surface area contributed by atoms with Crippen molar-refractivity contribution in [3.8, 4) is 0 Å². The van der Waals surface area contributed by atoms with E-state index in [2.05, 4.69) is 5.32 Å². The summed E-state index contributed by atoms with van der Waals surface area (Å²) in [6.45, 7) is 0.994. The van der Waals surface area contributed by atoms with Crippen molar-refractivity contribution in [1.82, 2.24) is 5.32 Å². The Morgan fingerprint density at radius 3 is 2.89 bits per heavy atom. The topological polar surface area (TPSA) is 38.0 Å². The molecule has 96 valence electrons. The van der Waals surface area contributed by atoms with E-state index in [0.29, 0.717) is 23.7 Å². The molecule has 1 heterocycles. The summed E-state index contributed by atoms with van der Waals surface area (Å²) in [6, 6.07) is 8.31. The number of nitrogens with two attached hydrogens (primary N) is 1. The molecule has 0 amide bonds. The third kappa shape index (κ3) is 3.29. The summed E-state index contributed by atoms with van der Waals surface area (Å²) < 4.78 is 13.7. The Balaban J connectivity index is 2.10. The number of nitrogens with one attached hydrogen (secondary N) is 1. The number of benzene rings is 1. The number of thiophene rings is 1.